The number of nitrogens with zero attached hydrogens (tertiary/aromatic N) is 1. The summed E-state index contributed by atoms with van der Waals surface area (Å²) in [6.07, 6.45) is 0. The van der Waals surface area contributed by atoms with Crippen LogP contribution in [0, 0.1) is 0 Å². The second-order valence-corrected chi connectivity index (χ2v) is 7.72. The van der Waals surface area contributed by atoms with Crippen LogP contribution in [0.2, 0.25) is 0 Å². The number of imide groups is 1. The van der Waals surface area contributed by atoms with Crippen LogP contribution in [-0.2, 0) is 14.8 Å². The van der Waals surface area contributed by atoms with Crippen molar-refractivity contribution in [3.05, 3.63) is 29.8 Å². The quantitative estimate of drug-likeness (QED) is 0.591. The van der Waals surface area contributed by atoms with Gasteiger partial charge in [-0.1, -0.05) is 26.0 Å². The summed E-state index contributed by atoms with van der Waals surface area (Å²) in [6.45, 7) is 7.97. The van der Waals surface area contributed by atoms with E-state index in [1.54, 1.807) is 50.4 Å². The average Bonchev–Trinajstić information content (AvgIpc) is 2.55. The molecule has 3 amide bonds. The molecule has 5 N–H and O–H groups in total. The van der Waals surface area contributed by atoms with Gasteiger partial charge in [-0.3, -0.25) is 10.1 Å². The maximum absolute atomic E-state index is 12.5. The average molecular weight is 371 g/mol. The Kier molecular flexibility index (Phi) is 7.53. The Morgan fingerprint density at radius 2 is 1.68 bits per heavy atom. The number of nitrogens with one attached hydrogen (secondary N) is 1. The first-order valence-corrected chi connectivity index (χ1v) is 9.62. The first kappa shape index (κ1) is 21.1. The summed E-state index contributed by atoms with van der Waals surface area (Å²) in [5, 5.41) is 3.81. The van der Waals surface area contributed by atoms with Crippen molar-refractivity contribution in [3.63, 3.8) is 0 Å². The maximum Gasteiger partial charge on any atom is 0.319 e. The summed E-state index contributed by atoms with van der Waals surface area (Å²) >= 11 is 0. The fourth-order valence-corrected chi connectivity index (χ4v) is 3.98. The molecule has 0 aromatic heterocycles. The number of primary amides is 1. The van der Waals surface area contributed by atoms with Crippen LogP contribution in [0.15, 0.2) is 29.2 Å². The van der Waals surface area contributed by atoms with Gasteiger partial charge in [-0.25, -0.2) is 13.2 Å². The molecule has 0 unspecified atom stereocenters. The third kappa shape index (κ3) is 5.52. The highest BCUT2D eigenvalue weighted by Crippen LogP contribution is 2.18. The SMILES string of the molecule is CCN(CC)S(=O)(=O)c1ccc([C@@H](C)[NH2+][C@H](C)C(=O)NC(N)=O)cc1. The Balaban J connectivity index is 2.85. The third-order valence-electron chi connectivity index (χ3n) is 3.99. The number of rotatable bonds is 8. The van der Waals surface area contributed by atoms with Crippen LogP contribution in [0.3, 0.4) is 0 Å². The van der Waals surface area contributed by atoms with Gasteiger partial charge in [0.05, 0.1) is 4.90 Å². The molecular weight excluding hydrogens is 344 g/mol. The van der Waals surface area contributed by atoms with Crippen LogP contribution in [0.5, 0.6) is 0 Å². The molecule has 1 rings (SSSR count). The van der Waals surface area contributed by atoms with E-state index in [0.717, 1.165) is 5.56 Å². The molecule has 9 heteroatoms. The fraction of sp³-hybridized carbons (Fsp3) is 0.500. The predicted octanol–water partition coefficient (Wildman–Crippen LogP) is -0.0751. The minimum atomic E-state index is -3.49. The standard InChI is InChI=1S/C16H26N4O4S/c1-5-20(6-2)25(23,24)14-9-7-13(8-10-14)11(3)18-12(4)15(21)19-16(17)22/h7-12,18H,5-6H2,1-4H3,(H3,17,19,21,22)/p+1/t11-,12-/m1/s1. The molecule has 0 aliphatic heterocycles. The Morgan fingerprint density at radius 1 is 1.16 bits per heavy atom. The van der Waals surface area contributed by atoms with E-state index >= 15 is 0 Å². The van der Waals surface area contributed by atoms with Crippen molar-refractivity contribution in [2.24, 2.45) is 5.73 Å². The summed E-state index contributed by atoms with van der Waals surface area (Å²) in [5.41, 5.74) is 5.80. The van der Waals surface area contributed by atoms with Crippen molar-refractivity contribution in [2.75, 3.05) is 13.1 Å². The van der Waals surface area contributed by atoms with Gasteiger partial charge in [-0.15, -0.1) is 0 Å². The molecule has 8 nitrogen and oxygen atoms in total. The Labute approximate surface area is 148 Å². The molecular formula is C16H27N4O4S+. The van der Waals surface area contributed by atoms with Crippen LogP contribution < -0.4 is 16.4 Å². The summed E-state index contributed by atoms with van der Waals surface area (Å²) in [4.78, 5) is 22.7. The second-order valence-electron chi connectivity index (χ2n) is 5.78. The topological polar surface area (TPSA) is 126 Å². The normalized spacial score (nSPS) is 14.1. The number of benzene rings is 1. The van der Waals surface area contributed by atoms with Gasteiger partial charge < -0.3 is 11.1 Å². The number of sulfonamides is 1. The summed E-state index contributed by atoms with van der Waals surface area (Å²) in [5.74, 6) is -0.472. The van der Waals surface area contributed by atoms with Crippen molar-refractivity contribution < 1.29 is 23.3 Å². The first-order valence-electron chi connectivity index (χ1n) is 8.18. The van der Waals surface area contributed by atoms with E-state index < -0.39 is 28.0 Å². The second kappa shape index (κ2) is 8.93. The summed E-state index contributed by atoms with van der Waals surface area (Å²) in [7, 11) is -3.49. The van der Waals surface area contributed by atoms with E-state index in [1.165, 1.54) is 4.31 Å². The zero-order chi connectivity index (χ0) is 19.2. The van der Waals surface area contributed by atoms with E-state index in [9.17, 15) is 18.0 Å². The number of carbonyl (C=O) groups excluding carboxylic acids is 2. The van der Waals surface area contributed by atoms with Crippen molar-refractivity contribution in [3.8, 4) is 0 Å². The van der Waals surface area contributed by atoms with Gasteiger partial charge in [-0.2, -0.15) is 4.31 Å². The van der Waals surface area contributed by atoms with Gasteiger partial charge in [0.2, 0.25) is 10.0 Å². The van der Waals surface area contributed by atoms with Crippen molar-refractivity contribution in [2.45, 2.75) is 44.7 Å². The molecule has 1 aromatic rings. The molecule has 1 aromatic carbocycles. The Hall–Kier alpha value is -1.97. The lowest BCUT2D eigenvalue weighted by Gasteiger charge is -2.19. The number of hydrogen-bond donors (Lipinski definition) is 3. The molecule has 0 heterocycles. The molecule has 0 saturated carbocycles. The van der Waals surface area contributed by atoms with E-state index in [-0.39, 0.29) is 10.9 Å². The molecule has 0 saturated heterocycles. The minimum absolute atomic E-state index is 0.0983. The van der Waals surface area contributed by atoms with E-state index in [0.29, 0.717) is 13.1 Å². The van der Waals surface area contributed by atoms with E-state index in [4.69, 9.17) is 5.73 Å². The fourth-order valence-electron chi connectivity index (χ4n) is 2.52. The third-order valence-corrected chi connectivity index (χ3v) is 6.05. The predicted molar refractivity (Wildman–Crippen MR) is 94.1 cm³/mol. The maximum atomic E-state index is 12.5. The number of quaternary nitrogens is 1. The van der Waals surface area contributed by atoms with Crippen LogP contribution in [0.25, 0.3) is 0 Å². The van der Waals surface area contributed by atoms with Gasteiger partial charge in [0.15, 0.2) is 6.04 Å². The zero-order valence-corrected chi connectivity index (χ0v) is 15.8. The lowest BCUT2D eigenvalue weighted by molar-refractivity contribution is -0.710. The van der Waals surface area contributed by atoms with Gasteiger partial charge in [0.1, 0.15) is 6.04 Å². The largest absolute Gasteiger partial charge is 0.351 e. The van der Waals surface area contributed by atoms with Crippen molar-refractivity contribution >= 4 is 22.0 Å². The number of hydrogen-bond acceptors (Lipinski definition) is 4. The molecule has 2 atom stereocenters. The monoisotopic (exact) mass is 371 g/mol. The van der Waals surface area contributed by atoms with Gasteiger partial charge >= 0.3 is 6.03 Å². The van der Waals surface area contributed by atoms with Gasteiger partial charge in [-0.05, 0) is 26.0 Å². The molecule has 140 valence electrons. The Morgan fingerprint density at radius 3 is 2.12 bits per heavy atom. The van der Waals surface area contributed by atoms with Gasteiger partial charge in [0, 0.05) is 18.7 Å². The van der Waals surface area contributed by atoms with Crippen LogP contribution in [-0.4, -0.2) is 43.8 Å². The summed E-state index contributed by atoms with van der Waals surface area (Å²) < 4.78 is 26.3. The number of urea groups is 1. The molecule has 0 fully saturated rings. The van der Waals surface area contributed by atoms with Crippen molar-refractivity contribution in [1.29, 1.82) is 0 Å². The lowest BCUT2D eigenvalue weighted by Crippen LogP contribution is -2.92. The lowest BCUT2D eigenvalue weighted by atomic mass is 10.1. The van der Waals surface area contributed by atoms with Crippen molar-refractivity contribution in [1.82, 2.24) is 9.62 Å². The highest BCUT2D eigenvalue weighted by Gasteiger charge is 2.24. The molecule has 25 heavy (non-hydrogen) atoms. The first-order chi connectivity index (χ1) is 11.6. The minimum Gasteiger partial charge on any atom is -0.351 e. The number of amides is 3. The van der Waals surface area contributed by atoms with Crippen LogP contribution in [0.1, 0.15) is 39.3 Å². The van der Waals surface area contributed by atoms with Crippen LogP contribution >= 0.6 is 0 Å². The molecule has 0 spiro atoms. The van der Waals surface area contributed by atoms with E-state index in [2.05, 4.69) is 0 Å². The molecule has 0 aliphatic rings. The molecule has 0 radical (unpaired) electrons. The van der Waals surface area contributed by atoms with Crippen LogP contribution in [0.4, 0.5) is 4.79 Å². The van der Waals surface area contributed by atoms with Gasteiger partial charge in [0.25, 0.3) is 5.91 Å². The van der Waals surface area contributed by atoms with E-state index in [1.807, 2.05) is 12.2 Å². The zero-order valence-electron chi connectivity index (χ0n) is 15.0. The summed E-state index contributed by atoms with van der Waals surface area (Å²) in [6, 6.07) is 5.11. The molecule has 0 bridgehead atoms. The smallest absolute Gasteiger partial charge is 0.319 e. The number of carbonyl (C=O) groups is 2. The highest BCUT2D eigenvalue weighted by atomic mass is 32.2. The number of nitrogens with two attached hydrogens (primary N) is 2. The molecule has 0 aliphatic carbocycles. The highest BCUT2D eigenvalue weighted by molar-refractivity contribution is 7.89. The Bertz CT molecular complexity index is 699.